The van der Waals surface area contributed by atoms with Gasteiger partial charge in [-0.25, -0.2) is 0 Å². The van der Waals surface area contributed by atoms with Crippen LogP contribution in [0.1, 0.15) is 11.6 Å². The van der Waals surface area contributed by atoms with Gasteiger partial charge in [0.05, 0.1) is 13.2 Å². The van der Waals surface area contributed by atoms with Gasteiger partial charge in [-0.3, -0.25) is 4.79 Å². The summed E-state index contributed by atoms with van der Waals surface area (Å²) >= 11 is 0. The van der Waals surface area contributed by atoms with Crippen LogP contribution >= 0.6 is 0 Å². The fraction of sp³-hybridized carbons (Fsp3) is 0.364. The van der Waals surface area contributed by atoms with Crippen LogP contribution in [0.5, 0.6) is 5.75 Å². The molecule has 2 atom stereocenters. The number of carbonyl (C=O) groups is 1. The van der Waals surface area contributed by atoms with Crippen molar-refractivity contribution in [3.05, 3.63) is 29.8 Å². The number of nitrogens with one attached hydrogen (secondary N) is 1. The smallest absolute Gasteiger partial charge is 0.322 e. The minimum Gasteiger partial charge on any atom is -0.497 e. The van der Waals surface area contributed by atoms with Crippen molar-refractivity contribution >= 4 is 5.97 Å². The molecule has 4 N–H and O–H groups in total. The third-order valence-electron chi connectivity index (χ3n) is 2.41. The average molecular weight is 224 g/mol. The maximum Gasteiger partial charge on any atom is 0.322 e. The summed E-state index contributed by atoms with van der Waals surface area (Å²) in [6.07, 6.45) is 0. The second kappa shape index (κ2) is 5.48. The second-order valence-electron chi connectivity index (χ2n) is 3.41. The van der Waals surface area contributed by atoms with Gasteiger partial charge in [0.15, 0.2) is 0 Å². The zero-order chi connectivity index (χ0) is 12.1. The van der Waals surface area contributed by atoms with Crippen LogP contribution in [-0.2, 0) is 4.79 Å². The molecular weight excluding hydrogens is 208 g/mol. The molecule has 1 rings (SSSR count). The first-order valence-corrected chi connectivity index (χ1v) is 4.89. The molecule has 0 heterocycles. The van der Waals surface area contributed by atoms with Gasteiger partial charge in [-0.2, -0.15) is 0 Å². The van der Waals surface area contributed by atoms with Crippen molar-refractivity contribution < 1.29 is 14.6 Å². The molecule has 0 saturated carbocycles. The molecule has 0 fully saturated rings. The predicted octanol–water partition coefficient (Wildman–Crippen LogP) is 0.368. The van der Waals surface area contributed by atoms with Crippen LogP contribution < -0.4 is 15.8 Å². The van der Waals surface area contributed by atoms with Crippen molar-refractivity contribution in [2.24, 2.45) is 5.73 Å². The summed E-state index contributed by atoms with van der Waals surface area (Å²) in [7, 11) is 3.12. The molecule has 5 nitrogen and oxygen atoms in total. The Balaban J connectivity index is 2.93. The largest absolute Gasteiger partial charge is 0.497 e. The Morgan fingerprint density at radius 3 is 2.75 bits per heavy atom. The molecule has 0 spiro atoms. The number of carboxylic acid groups (broad SMARTS) is 1. The molecular formula is C11H16N2O3. The van der Waals surface area contributed by atoms with Gasteiger partial charge in [0.1, 0.15) is 11.8 Å². The highest BCUT2D eigenvalue weighted by Crippen LogP contribution is 2.19. The number of carboxylic acids is 1. The number of methoxy groups -OCH3 is 1. The van der Waals surface area contributed by atoms with Gasteiger partial charge in [-0.15, -0.1) is 0 Å². The van der Waals surface area contributed by atoms with Crippen LogP contribution in [0.4, 0.5) is 0 Å². The molecule has 16 heavy (non-hydrogen) atoms. The van der Waals surface area contributed by atoms with Crippen molar-refractivity contribution in [3.8, 4) is 5.75 Å². The van der Waals surface area contributed by atoms with Gasteiger partial charge in [0.2, 0.25) is 0 Å². The van der Waals surface area contributed by atoms with Crippen molar-refractivity contribution in [2.45, 2.75) is 12.1 Å². The molecule has 0 aliphatic rings. The standard InChI is InChI=1S/C11H16N2O3/c1-13-10(11(14)15)9(12)7-4-3-5-8(6-7)16-2/h3-6,9-10,13H,12H2,1-2H3,(H,14,15). The Labute approximate surface area is 94.2 Å². The number of aliphatic carboxylic acids is 1. The quantitative estimate of drug-likeness (QED) is 0.672. The number of hydrogen-bond donors (Lipinski definition) is 3. The van der Waals surface area contributed by atoms with Gasteiger partial charge < -0.3 is 20.9 Å². The molecule has 0 aliphatic carbocycles. The first kappa shape index (κ1) is 12.5. The van der Waals surface area contributed by atoms with E-state index >= 15 is 0 Å². The highest BCUT2D eigenvalue weighted by molar-refractivity contribution is 5.74. The number of ether oxygens (including phenoxy) is 1. The lowest BCUT2D eigenvalue weighted by atomic mass is 10.0. The van der Waals surface area contributed by atoms with E-state index in [1.165, 1.54) is 0 Å². The third kappa shape index (κ3) is 2.71. The topological polar surface area (TPSA) is 84.6 Å². The van der Waals surface area contributed by atoms with Crippen LogP contribution in [0.25, 0.3) is 0 Å². The molecule has 0 bridgehead atoms. The second-order valence-corrected chi connectivity index (χ2v) is 3.41. The average Bonchev–Trinajstić information content (AvgIpc) is 2.29. The molecule has 1 aromatic rings. The SMILES string of the molecule is CNC(C(=O)O)C(N)c1cccc(OC)c1. The normalized spacial score (nSPS) is 14.2. The van der Waals surface area contributed by atoms with E-state index in [-0.39, 0.29) is 0 Å². The molecule has 5 heteroatoms. The summed E-state index contributed by atoms with van der Waals surface area (Å²) in [6, 6.07) is 5.65. The fourth-order valence-corrected chi connectivity index (χ4v) is 1.50. The lowest BCUT2D eigenvalue weighted by Gasteiger charge is -2.20. The number of likely N-dealkylation sites (N-methyl/N-ethyl adjacent to an activating group) is 1. The van der Waals surface area contributed by atoms with Crippen molar-refractivity contribution in [3.63, 3.8) is 0 Å². The lowest BCUT2D eigenvalue weighted by Crippen LogP contribution is -2.43. The summed E-state index contributed by atoms with van der Waals surface area (Å²) < 4.78 is 5.06. The van der Waals surface area contributed by atoms with Crippen LogP contribution in [0.2, 0.25) is 0 Å². The van der Waals surface area contributed by atoms with E-state index in [9.17, 15) is 4.79 Å². The van der Waals surface area contributed by atoms with E-state index in [4.69, 9.17) is 15.6 Å². The van der Waals surface area contributed by atoms with Gasteiger partial charge in [0.25, 0.3) is 0 Å². The molecule has 2 unspecified atom stereocenters. The first-order valence-electron chi connectivity index (χ1n) is 4.89. The van der Waals surface area contributed by atoms with Crippen molar-refractivity contribution in [1.82, 2.24) is 5.32 Å². The Morgan fingerprint density at radius 2 is 2.25 bits per heavy atom. The molecule has 0 amide bonds. The summed E-state index contributed by atoms with van der Waals surface area (Å²) in [4.78, 5) is 10.9. The molecule has 0 aliphatic heterocycles. The summed E-state index contributed by atoms with van der Waals surface area (Å²) in [5.74, 6) is -0.314. The molecule has 88 valence electrons. The molecule has 0 radical (unpaired) electrons. The van der Waals surface area contributed by atoms with Crippen molar-refractivity contribution in [2.75, 3.05) is 14.2 Å². The molecule has 0 saturated heterocycles. The Hall–Kier alpha value is -1.59. The Morgan fingerprint density at radius 1 is 1.56 bits per heavy atom. The maximum absolute atomic E-state index is 10.9. The van der Waals surface area contributed by atoms with Crippen LogP contribution in [-0.4, -0.2) is 31.3 Å². The summed E-state index contributed by atoms with van der Waals surface area (Å²) in [6.45, 7) is 0. The van der Waals surface area contributed by atoms with E-state index in [1.54, 1.807) is 38.4 Å². The minimum atomic E-state index is -0.974. The van der Waals surface area contributed by atoms with Crippen LogP contribution in [0.3, 0.4) is 0 Å². The van der Waals surface area contributed by atoms with Crippen LogP contribution in [0, 0.1) is 0 Å². The van der Waals surface area contributed by atoms with Gasteiger partial charge in [0, 0.05) is 0 Å². The van der Waals surface area contributed by atoms with E-state index in [0.29, 0.717) is 5.75 Å². The minimum absolute atomic E-state index is 0.613. The Kier molecular flexibility index (Phi) is 4.28. The fourth-order valence-electron chi connectivity index (χ4n) is 1.50. The van der Waals surface area contributed by atoms with Crippen LogP contribution in [0.15, 0.2) is 24.3 Å². The zero-order valence-electron chi connectivity index (χ0n) is 9.31. The first-order chi connectivity index (χ1) is 7.60. The lowest BCUT2D eigenvalue weighted by molar-refractivity contribution is -0.139. The third-order valence-corrected chi connectivity index (χ3v) is 2.41. The van der Waals surface area contributed by atoms with Gasteiger partial charge in [-0.05, 0) is 24.7 Å². The Bertz CT molecular complexity index is 368. The van der Waals surface area contributed by atoms with Gasteiger partial charge in [-0.1, -0.05) is 12.1 Å². The van der Waals surface area contributed by atoms with Gasteiger partial charge >= 0.3 is 5.97 Å². The number of benzene rings is 1. The van der Waals surface area contributed by atoms with E-state index < -0.39 is 18.1 Å². The highest BCUT2D eigenvalue weighted by Gasteiger charge is 2.24. The van der Waals surface area contributed by atoms with Crippen molar-refractivity contribution in [1.29, 1.82) is 0 Å². The number of nitrogens with two attached hydrogens (primary N) is 1. The predicted molar refractivity (Wildman–Crippen MR) is 60.4 cm³/mol. The molecule has 0 aromatic heterocycles. The maximum atomic E-state index is 10.9. The van der Waals surface area contributed by atoms with E-state index in [2.05, 4.69) is 5.32 Å². The zero-order valence-corrected chi connectivity index (χ0v) is 9.31. The summed E-state index contributed by atoms with van der Waals surface area (Å²) in [5, 5.41) is 11.6. The summed E-state index contributed by atoms with van der Waals surface area (Å²) in [5.41, 5.74) is 6.60. The number of rotatable bonds is 5. The highest BCUT2D eigenvalue weighted by atomic mass is 16.5. The van der Waals surface area contributed by atoms with E-state index in [1.807, 2.05) is 0 Å². The molecule has 1 aromatic carbocycles. The number of hydrogen-bond acceptors (Lipinski definition) is 4. The van der Waals surface area contributed by atoms with E-state index in [0.717, 1.165) is 5.56 Å². The monoisotopic (exact) mass is 224 g/mol.